The Balaban J connectivity index is 1.58. The standard InChI is InChI=1S/C22H18N6OS2/c1-14-15(2)31-21(18(14)12-23)25-19(29)13-30-22-27-26-20(16-8-10-24-11-9-16)28(22)17-6-4-3-5-7-17/h3-11H,13H2,1-2H3,(H,25,29). The minimum Gasteiger partial charge on any atom is -0.316 e. The normalized spacial score (nSPS) is 10.6. The van der Waals surface area contributed by atoms with E-state index < -0.39 is 0 Å². The Kier molecular flexibility index (Phi) is 6.11. The Morgan fingerprint density at radius 2 is 1.90 bits per heavy atom. The van der Waals surface area contributed by atoms with Crippen molar-refractivity contribution in [2.75, 3.05) is 11.1 Å². The first-order valence-electron chi connectivity index (χ1n) is 9.42. The first-order valence-corrected chi connectivity index (χ1v) is 11.2. The lowest BCUT2D eigenvalue weighted by Gasteiger charge is -2.10. The van der Waals surface area contributed by atoms with Gasteiger partial charge in [0.05, 0.1) is 11.3 Å². The van der Waals surface area contributed by atoms with Crippen LogP contribution in [0.15, 0.2) is 60.0 Å². The van der Waals surface area contributed by atoms with E-state index in [-0.39, 0.29) is 11.7 Å². The van der Waals surface area contributed by atoms with Crippen LogP contribution in [-0.4, -0.2) is 31.4 Å². The largest absolute Gasteiger partial charge is 0.316 e. The molecule has 0 atom stereocenters. The Morgan fingerprint density at radius 3 is 2.61 bits per heavy atom. The topological polar surface area (TPSA) is 96.5 Å². The summed E-state index contributed by atoms with van der Waals surface area (Å²) in [6.45, 7) is 3.83. The number of pyridine rings is 1. The van der Waals surface area contributed by atoms with Crippen molar-refractivity contribution in [3.05, 3.63) is 70.9 Å². The van der Waals surface area contributed by atoms with Crippen molar-refractivity contribution >= 4 is 34.0 Å². The van der Waals surface area contributed by atoms with Gasteiger partial charge in [-0.1, -0.05) is 30.0 Å². The van der Waals surface area contributed by atoms with Crippen molar-refractivity contribution in [1.29, 1.82) is 5.26 Å². The third-order valence-electron chi connectivity index (χ3n) is 4.67. The molecule has 1 N–H and O–H groups in total. The van der Waals surface area contributed by atoms with Crippen LogP contribution in [0.1, 0.15) is 16.0 Å². The molecule has 3 aromatic heterocycles. The summed E-state index contributed by atoms with van der Waals surface area (Å²) in [6.07, 6.45) is 3.41. The Morgan fingerprint density at radius 1 is 1.16 bits per heavy atom. The predicted octanol–water partition coefficient (Wildman–Crippen LogP) is 4.61. The smallest absolute Gasteiger partial charge is 0.235 e. The van der Waals surface area contributed by atoms with Gasteiger partial charge < -0.3 is 5.32 Å². The van der Waals surface area contributed by atoms with Gasteiger partial charge in [0.2, 0.25) is 5.91 Å². The van der Waals surface area contributed by atoms with Crippen molar-refractivity contribution in [2.45, 2.75) is 19.0 Å². The number of amides is 1. The number of nitrogens with zero attached hydrogens (tertiary/aromatic N) is 5. The molecule has 3 heterocycles. The predicted molar refractivity (Wildman–Crippen MR) is 122 cm³/mol. The number of hydrogen-bond acceptors (Lipinski definition) is 7. The number of carbonyl (C=O) groups excluding carboxylic acids is 1. The third-order valence-corrected chi connectivity index (χ3v) is 6.72. The molecule has 0 unspecified atom stereocenters. The molecule has 0 radical (unpaired) electrons. The number of thiophene rings is 1. The van der Waals surface area contributed by atoms with Crippen LogP contribution in [0, 0.1) is 25.2 Å². The number of carbonyl (C=O) groups is 1. The number of hydrogen-bond donors (Lipinski definition) is 1. The van der Waals surface area contributed by atoms with Gasteiger partial charge in [0.15, 0.2) is 11.0 Å². The van der Waals surface area contributed by atoms with Crippen molar-refractivity contribution in [1.82, 2.24) is 19.7 Å². The van der Waals surface area contributed by atoms with E-state index in [1.54, 1.807) is 12.4 Å². The van der Waals surface area contributed by atoms with E-state index in [0.29, 0.717) is 21.5 Å². The van der Waals surface area contributed by atoms with Crippen LogP contribution in [0.25, 0.3) is 17.1 Å². The van der Waals surface area contributed by atoms with E-state index in [9.17, 15) is 10.1 Å². The first-order chi connectivity index (χ1) is 15.1. The molecule has 1 aromatic carbocycles. The molecule has 0 bridgehead atoms. The van der Waals surface area contributed by atoms with Crippen molar-refractivity contribution in [3.8, 4) is 23.1 Å². The SMILES string of the molecule is Cc1sc(NC(=O)CSc2nnc(-c3ccncc3)n2-c2ccccc2)c(C#N)c1C. The second-order valence-corrected chi connectivity index (χ2v) is 8.82. The molecule has 4 aromatic rings. The van der Waals surface area contributed by atoms with Gasteiger partial charge in [0.1, 0.15) is 11.1 Å². The minimum absolute atomic E-state index is 0.141. The van der Waals surface area contributed by atoms with Crippen LogP contribution in [0.5, 0.6) is 0 Å². The number of anilines is 1. The van der Waals surface area contributed by atoms with Gasteiger partial charge in [-0.15, -0.1) is 21.5 Å². The Bertz CT molecular complexity index is 1260. The molecule has 9 heteroatoms. The first kappa shape index (κ1) is 20.8. The van der Waals surface area contributed by atoms with Crippen LogP contribution < -0.4 is 5.32 Å². The average molecular weight is 447 g/mol. The maximum atomic E-state index is 12.6. The van der Waals surface area contributed by atoms with E-state index in [0.717, 1.165) is 21.7 Å². The van der Waals surface area contributed by atoms with Crippen LogP contribution in [0.2, 0.25) is 0 Å². The molecule has 0 fully saturated rings. The molecule has 0 saturated heterocycles. The van der Waals surface area contributed by atoms with E-state index in [1.165, 1.54) is 23.1 Å². The number of rotatable bonds is 6. The molecular formula is C22H18N6OS2. The van der Waals surface area contributed by atoms with Crippen LogP contribution in [-0.2, 0) is 4.79 Å². The summed E-state index contributed by atoms with van der Waals surface area (Å²) in [4.78, 5) is 17.7. The van der Waals surface area contributed by atoms with Gasteiger partial charge in [-0.3, -0.25) is 14.3 Å². The molecule has 0 aliphatic rings. The summed E-state index contributed by atoms with van der Waals surface area (Å²) in [6, 6.07) is 15.7. The molecule has 0 saturated carbocycles. The summed E-state index contributed by atoms with van der Waals surface area (Å²) in [7, 11) is 0. The summed E-state index contributed by atoms with van der Waals surface area (Å²) >= 11 is 2.71. The molecule has 1 amide bonds. The quantitative estimate of drug-likeness (QED) is 0.435. The maximum absolute atomic E-state index is 12.6. The summed E-state index contributed by atoms with van der Waals surface area (Å²) in [5.41, 5.74) is 3.21. The molecule has 4 rings (SSSR count). The highest BCUT2D eigenvalue weighted by Gasteiger charge is 2.19. The van der Waals surface area contributed by atoms with Crippen molar-refractivity contribution in [2.24, 2.45) is 0 Å². The lowest BCUT2D eigenvalue weighted by Crippen LogP contribution is -2.14. The Hall–Kier alpha value is -3.48. The molecule has 31 heavy (non-hydrogen) atoms. The van der Waals surface area contributed by atoms with Gasteiger partial charge in [-0.2, -0.15) is 5.26 Å². The van der Waals surface area contributed by atoms with E-state index in [2.05, 4.69) is 26.6 Å². The second-order valence-electron chi connectivity index (χ2n) is 6.65. The van der Waals surface area contributed by atoms with Gasteiger partial charge >= 0.3 is 0 Å². The second kappa shape index (κ2) is 9.12. The maximum Gasteiger partial charge on any atom is 0.235 e. The molecule has 0 aliphatic heterocycles. The molecule has 0 aliphatic carbocycles. The van der Waals surface area contributed by atoms with Crippen molar-refractivity contribution in [3.63, 3.8) is 0 Å². The van der Waals surface area contributed by atoms with Gasteiger partial charge in [-0.25, -0.2) is 0 Å². The van der Waals surface area contributed by atoms with E-state index >= 15 is 0 Å². The van der Waals surface area contributed by atoms with E-state index in [1.807, 2.05) is 60.9 Å². The van der Waals surface area contributed by atoms with Crippen LogP contribution >= 0.6 is 23.1 Å². The molecule has 154 valence electrons. The minimum atomic E-state index is -0.198. The molecular weight excluding hydrogens is 428 g/mol. The van der Waals surface area contributed by atoms with E-state index in [4.69, 9.17) is 0 Å². The zero-order valence-corrected chi connectivity index (χ0v) is 18.5. The monoisotopic (exact) mass is 446 g/mol. The lowest BCUT2D eigenvalue weighted by atomic mass is 10.2. The average Bonchev–Trinajstić information content (AvgIpc) is 3.34. The highest BCUT2D eigenvalue weighted by molar-refractivity contribution is 7.99. The fourth-order valence-corrected chi connectivity index (χ4v) is 4.78. The number of thioether (sulfide) groups is 1. The number of benzene rings is 1. The zero-order valence-electron chi connectivity index (χ0n) is 16.9. The zero-order chi connectivity index (χ0) is 21.8. The number of aryl methyl sites for hydroxylation is 1. The Labute approximate surface area is 187 Å². The lowest BCUT2D eigenvalue weighted by molar-refractivity contribution is -0.113. The van der Waals surface area contributed by atoms with Crippen LogP contribution in [0.4, 0.5) is 5.00 Å². The fraction of sp³-hybridized carbons (Fsp3) is 0.136. The summed E-state index contributed by atoms with van der Waals surface area (Å²) in [5, 5.41) is 22.1. The highest BCUT2D eigenvalue weighted by atomic mass is 32.2. The van der Waals surface area contributed by atoms with Gasteiger partial charge in [0, 0.05) is 28.5 Å². The number of para-hydroxylation sites is 1. The number of nitrogens with one attached hydrogen (secondary N) is 1. The summed E-state index contributed by atoms with van der Waals surface area (Å²) in [5.74, 6) is 0.617. The highest BCUT2D eigenvalue weighted by Crippen LogP contribution is 2.32. The van der Waals surface area contributed by atoms with Crippen molar-refractivity contribution < 1.29 is 4.79 Å². The number of aromatic nitrogens is 4. The summed E-state index contributed by atoms with van der Waals surface area (Å²) < 4.78 is 1.92. The van der Waals surface area contributed by atoms with Gasteiger partial charge in [-0.05, 0) is 43.7 Å². The molecule has 0 spiro atoms. The molecule has 7 nitrogen and oxygen atoms in total. The van der Waals surface area contributed by atoms with Gasteiger partial charge in [0.25, 0.3) is 0 Å². The van der Waals surface area contributed by atoms with Crippen LogP contribution in [0.3, 0.4) is 0 Å². The third kappa shape index (κ3) is 4.35. The number of nitriles is 1. The fourth-order valence-electron chi connectivity index (χ4n) is 3.00.